The van der Waals surface area contributed by atoms with E-state index in [0.29, 0.717) is 32.1 Å². The van der Waals surface area contributed by atoms with Gasteiger partial charge >= 0.3 is 0 Å². The summed E-state index contributed by atoms with van der Waals surface area (Å²) in [5.41, 5.74) is 2.35. The van der Waals surface area contributed by atoms with Gasteiger partial charge in [-0.2, -0.15) is 0 Å². The van der Waals surface area contributed by atoms with Gasteiger partial charge in [-0.3, -0.25) is 4.79 Å². The molecule has 0 saturated carbocycles. The Kier molecular flexibility index (Phi) is 5.46. The van der Waals surface area contributed by atoms with Crippen LogP contribution in [0, 0.1) is 5.82 Å². The number of halogens is 1. The quantitative estimate of drug-likeness (QED) is 0.802. The molecule has 4 nitrogen and oxygen atoms in total. The first kappa shape index (κ1) is 17.2. The van der Waals surface area contributed by atoms with Gasteiger partial charge in [0.05, 0.1) is 20.3 Å². The Hall–Kier alpha value is -2.66. The summed E-state index contributed by atoms with van der Waals surface area (Å²) in [7, 11) is 1.60. The van der Waals surface area contributed by atoms with E-state index in [0.717, 1.165) is 16.7 Å². The van der Waals surface area contributed by atoms with Crippen molar-refractivity contribution in [2.45, 2.75) is 0 Å². The van der Waals surface area contributed by atoms with Gasteiger partial charge in [0.15, 0.2) is 0 Å². The van der Waals surface area contributed by atoms with E-state index >= 15 is 0 Å². The molecular weight excluding hydrogens is 321 g/mol. The number of morpholine rings is 1. The number of carbonyl (C=O) groups is 1. The molecule has 0 atom stereocenters. The number of methoxy groups -OCH3 is 1. The summed E-state index contributed by atoms with van der Waals surface area (Å²) in [6.07, 6.45) is 1.60. The Morgan fingerprint density at radius 2 is 1.84 bits per heavy atom. The minimum Gasteiger partial charge on any atom is -0.497 e. The van der Waals surface area contributed by atoms with Crippen molar-refractivity contribution in [1.29, 1.82) is 0 Å². The summed E-state index contributed by atoms with van der Waals surface area (Å²) < 4.78 is 23.9. The zero-order valence-corrected chi connectivity index (χ0v) is 14.1. The summed E-state index contributed by atoms with van der Waals surface area (Å²) in [6, 6.07) is 13.6. The van der Waals surface area contributed by atoms with E-state index in [9.17, 15) is 9.18 Å². The fourth-order valence-electron chi connectivity index (χ4n) is 2.75. The topological polar surface area (TPSA) is 38.8 Å². The first-order valence-corrected chi connectivity index (χ1v) is 8.16. The van der Waals surface area contributed by atoms with Crippen molar-refractivity contribution in [2.75, 3.05) is 33.4 Å². The molecule has 0 bridgehead atoms. The van der Waals surface area contributed by atoms with Crippen molar-refractivity contribution in [2.24, 2.45) is 0 Å². The van der Waals surface area contributed by atoms with Crippen LogP contribution in [0.2, 0.25) is 0 Å². The van der Waals surface area contributed by atoms with E-state index in [4.69, 9.17) is 9.47 Å². The normalized spacial score (nSPS) is 15.1. The second-order valence-corrected chi connectivity index (χ2v) is 5.73. The smallest absolute Gasteiger partial charge is 0.247 e. The van der Waals surface area contributed by atoms with Crippen LogP contribution in [0.5, 0.6) is 5.75 Å². The largest absolute Gasteiger partial charge is 0.497 e. The molecule has 3 rings (SSSR count). The zero-order chi connectivity index (χ0) is 17.6. The predicted octanol–water partition coefficient (Wildman–Crippen LogP) is 3.12. The molecule has 1 amide bonds. The molecule has 0 radical (unpaired) electrons. The maximum Gasteiger partial charge on any atom is 0.247 e. The van der Waals surface area contributed by atoms with Gasteiger partial charge in [0.1, 0.15) is 11.6 Å². The predicted molar refractivity (Wildman–Crippen MR) is 93.9 cm³/mol. The summed E-state index contributed by atoms with van der Waals surface area (Å²) in [4.78, 5) is 14.4. The summed E-state index contributed by atoms with van der Waals surface area (Å²) in [6.45, 7) is 2.24. The van der Waals surface area contributed by atoms with Crippen LogP contribution in [0.15, 0.2) is 54.6 Å². The minimum absolute atomic E-state index is 0.0783. The highest BCUT2D eigenvalue weighted by Crippen LogP contribution is 2.27. The number of benzene rings is 2. The number of carbonyl (C=O) groups excluding carboxylic acids is 1. The molecule has 1 heterocycles. The SMILES string of the molecule is COc1cccc(/C(=C\C(=O)N2CCOCC2)c2ccc(F)cc2)c1. The second kappa shape index (κ2) is 7.94. The number of rotatable bonds is 4. The van der Waals surface area contributed by atoms with E-state index < -0.39 is 0 Å². The van der Waals surface area contributed by atoms with Crippen LogP contribution in [-0.2, 0) is 9.53 Å². The van der Waals surface area contributed by atoms with Gasteiger partial charge in [0.2, 0.25) is 5.91 Å². The van der Waals surface area contributed by atoms with E-state index in [2.05, 4.69) is 0 Å². The van der Waals surface area contributed by atoms with Crippen LogP contribution in [0.3, 0.4) is 0 Å². The molecule has 0 aliphatic carbocycles. The van der Waals surface area contributed by atoms with Gasteiger partial charge in [-0.1, -0.05) is 24.3 Å². The molecule has 25 heavy (non-hydrogen) atoms. The lowest BCUT2D eigenvalue weighted by molar-refractivity contribution is -0.129. The number of hydrogen-bond donors (Lipinski definition) is 0. The molecule has 2 aromatic carbocycles. The lowest BCUT2D eigenvalue weighted by atomic mass is 9.97. The van der Waals surface area contributed by atoms with Crippen molar-refractivity contribution < 1.29 is 18.7 Å². The number of amides is 1. The van der Waals surface area contributed by atoms with Crippen LogP contribution in [0.1, 0.15) is 11.1 Å². The van der Waals surface area contributed by atoms with Gasteiger partial charge in [0.25, 0.3) is 0 Å². The molecule has 1 aliphatic rings. The molecular formula is C20H20FNO3. The molecule has 1 fully saturated rings. The summed E-state index contributed by atoms with van der Waals surface area (Å²) in [5, 5.41) is 0. The molecule has 0 aromatic heterocycles. The summed E-state index contributed by atoms with van der Waals surface area (Å²) in [5.74, 6) is 0.308. The lowest BCUT2D eigenvalue weighted by Gasteiger charge is -2.26. The first-order chi connectivity index (χ1) is 12.2. The maximum atomic E-state index is 13.3. The molecule has 0 unspecified atom stereocenters. The van der Waals surface area contributed by atoms with Gasteiger partial charge < -0.3 is 14.4 Å². The third kappa shape index (κ3) is 4.25. The standard InChI is InChI=1S/C20H20FNO3/c1-24-18-4-2-3-16(13-18)19(15-5-7-17(21)8-6-15)14-20(23)22-9-11-25-12-10-22/h2-8,13-14H,9-12H2,1H3/b19-14-. The Bertz CT molecular complexity index is 765. The molecule has 130 valence electrons. The van der Waals surface area contributed by atoms with Crippen molar-refractivity contribution >= 4 is 11.5 Å². The van der Waals surface area contributed by atoms with Crippen molar-refractivity contribution in [3.63, 3.8) is 0 Å². The monoisotopic (exact) mass is 341 g/mol. The Balaban J connectivity index is 1.99. The highest BCUT2D eigenvalue weighted by molar-refractivity contribution is 5.99. The molecule has 2 aromatic rings. The van der Waals surface area contributed by atoms with Crippen LogP contribution < -0.4 is 4.74 Å². The molecule has 1 aliphatic heterocycles. The highest BCUT2D eigenvalue weighted by Gasteiger charge is 2.17. The lowest BCUT2D eigenvalue weighted by Crippen LogP contribution is -2.39. The van der Waals surface area contributed by atoms with Crippen LogP contribution in [0.25, 0.3) is 5.57 Å². The maximum absolute atomic E-state index is 13.3. The van der Waals surface area contributed by atoms with E-state index in [1.54, 1.807) is 30.2 Å². The van der Waals surface area contributed by atoms with Crippen molar-refractivity contribution in [1.82, 2.24) is 4.90 Å². The van der Waals surface area contributed by atoms with Crippen molar-refractivity contribution in [3.8, 4) is 5.75 Å². The van der Waals surface area contributed by atoms with Gasteiger partial charge in [0, 0.05) is 19.2 Å². The van der Waals surface area contributed by atoms with Crippen LogP contribution in [0.4, 0.5) is 4.39 Å². The fourth-order valence-corrected chi connectivity index (χ4v) is 2.75. The van der Waals surface area contributed by atoms with Gasteiger partial charge in [-0.15, -0.1) is 0 Å². The molecule has 0 spiro atoms. The van der Waals surface area contributed by atoms with E-state index in [1.807, 2.05) is 24.3 Å². The first-order valence-electron chi connectivity index (χ1n) is 8.16. The second-order valence-electron chi connectivity index (χ2n) is 5.73. The molecule has 0 N–H and O–H groups in total. The van der Waals surface area contributed by atoms with E-state index in [1.165, 1.54) is 12.1 Å². The molecule has 5 heteroatoms. The van der Waals surface area contributed by atoms with E-state index in [-0.39, 0.29) is 11.7 Å². The number of ether oxygens (including phenoxy) is 2. The summed E-state index contributed by atoms with van der Waals surface area (Å²) >= 11 is 0. The van der Waals surface area contributed by atoms with Crippen LogP contribution in [-0.4, -0.2) is 44.2 Å². The number of nitrogens with zero attached hydrogens (tertiary/aromatic N) is 1. The third-order valence-electron chi connectivity index (χ3n) is 4.13. The van der Waals surface area contributed by atoms with Gasteiger partial charge in [-0.05, 0) is 41.0 Å². The average Bonchev–Trinajstić information content (AvgIpc) is 2.67. The third-order valence-corrected chi connectivity index (χ3v) is 4.13. The van der Waals surface area contributed by atoms with Crippen LogP contribution >= 0.6 is 0 Å². The minimum atomic E-state index is -0.312. The Morgan fingerprint density at radius 1 is 1.12 bits per heavy atom. The Morgan fingerprint density at radius 3 is 2.52 bits per heavy atom. The van der Waals surface area contributed by atoms with Gasteiger partial charge in [-0.25, -0.2) is 4.39 Å². The fraction of sp³-hybridized carbons (Fsp3) is 0.250. The van der Waals surface area contributed by atoms with Crippen molar-refractivity contribution in [3.05, 3.63) is 71.6 Å². The molecule has 1 saturated heterocycles. The highest BCUT2D eigenvalue weighted by atomic mass is 19.1. The number of hydrogen-bond acceptors (Lipinski definition) is 3. The average molecular weight is 341 g/mol. The zero-order valence-electron chi connectivity index (χ0n) is 14.1. The Labute approximate surface area is 146 Å².